The molecule has 1 heterocycles. The van der Waals surface area contributed by atoms with Crippen LogP contribution in [0.4, 0.5) is 5.69 Å². The van der Waals surface area contributed by atoms with Crippen LogP contribution in [0.5, 0.6) is 5.75 Å². The molecule has 0 radical (unpaired) electrons. The predicted octanol–water partition coefficient (Wildman–Crippen LogP) is 1.47. The van der Waals surface area contributed by atoms with Crippen LogP contribution >= 0.6 is 11.6 Å². The number of methoxy groups -OCH3 is 1. The van der Waals surface area contributed by atoms with Crippen molar-refractivity contribution in [3.05, 3.63) is 23.2 Å². The first kappa shape index (κ1) is 19.5. The molecule has 7 nitrogen and oxygen atoms in total. The van der Waals surface area contributed by atoms with Gasteiger partial charge in [0.1, 0.15) is 5.75 Å². The van der Waals surface area contributed by atoms with Gasteiger partial charge in [-0.1, -0.05) is 11.6 Å². The summed E-state index contributed by atoms with van der Waals surface area (Å²) in [5.41, 5.74) is 0.562. The zero-order valence-corrected chi connectivity index (χ0v) is 15.3. The minimum absolute atomic E-state index is 0.00330. The molecular formula is C17H24ClN3O4. The highest BCUT2D eigenvalue weighted by atomic mass is 35.5. The molecule has 0 spiro atoms. The highest BCUT2D eigenvalue weighted by Gasteiger charge is 2.17. The summed E-state index contributed by atoms with van der Waals surface area (Å²) in [6, 6.07) is 5.00. The monoisotopic (exact) mass is 369 g/mol. The number of morpholine rings is 1. The van der Waals surface area contributed by atoms with Crippen molar-refractivity contribution in [2.24, 2.45) is 0 Å². The van der Waals surface area contributed by atoms with E-state index in [0.29, 0.717) is 36.2 Å². The van der Waals surface area contributed by atoms with Crippen LogP contribution in [0.3, 0.4) is 0 Å². The summed E-state index contributed by atoms with van der Waals surface area (Å²) in [6.45, 7) is 5.82. The largest absolute Gasteiger partial charge is 0.495 e. The van der Waals surface area contributed by atoms with Gasteiger partial charge < -0.3 is 19.7 Å². The van der Waals surface area contributed by atoms with Gasteiger partial charge in [-0.2, -0.15) is 0 Å². The molecule has 2 rings (SSSR count). The van der Waals surface area contributed by atoms with Gasteiger partial charge in [-0.15, -0.1) is 0 Å². The van der Waals surface area contributed by atoms with Crippen LogP contribution in [0.25, 0.3) is 0 Å². The highest BCUT2D eigenvalue weighted by molar-refractivity contribution is 6.32. The fourth-order valence-electron chi connectivity index (χ4n) is 2.55. The molecule has 0 atom stereocenters. The number of benzene rings is 1. The van der Waals surface area contributed by atoms with Crippen molar-refractivity contribution in [3.8, 4) is 5.75 Å². The number of halogens is 1. The van der Waals surface area contributed by atoms with Crippen LogP contribution < -0.4 is 10.1 Å². The van der Waals surface area contributed by atoms with Crippen LogP contribution in [0.1, 0.15) is 6.92 Å². The van der Waals surface area contributed by atoms with Crippen molar-refractivity contribution >= 4 is 29.1 Å². The Balaban J connectivity index is 1.86. The topological polar surface area (TPSA) is 71.1 Å². The van der Waals surface area contributed by atoms with Gasteiger partial charge in [0.15, 0.2) is 0 Å². The van der Waals surface area contributed by atoms with Crippen LogP contribution in [0.2, 0.25) is 5.02 Å². The van der Waals surface area contributed by atoms with Crippen LogP contribution in [-0.2, 0) is 14.3 Å². The quantitative estimate of drug-likeness (QED) is 0.788. The van der Waals surface area contributed by atoms with E-state index in [-0.39, 0.29) is 18.4 Å². The molecule has 138 valence electrons. The molecule has 0 bridgehead atoms. The van der Waals surface area contributed by atoms with Gasteiger partial charge in [0.2, 0.25) is 11.8 Å². The molecule has 1 aromatic rings. The SMILES string of the molecule is COc1ccc(NC(=O)CN(CCN2CCOCC2)C(C)=O)cc1Cl. The molecule has 1 aromatic carbocycles. The minimum atomic E-state index is -0.265. The number of hydrogen-bond acceptors (Lipinski definition) is 5. The Morgan fingerprint density at radius 2 is 2.08 bits per heavy atom. The van der Waals surface area contributed by atoms with Gasteiger partial charge in [-0.05, 0) is 18.2 Å². The summed E-state index contributed by atoms with van der Waals surface area (Å²) < 4.78 is 10.4. The number of nitrogens with zero attached hydrogens (tertiary/aromatic N) is 2. The number of anilines is 1. The Labute approximate surface area is 152 Å². The normalized spacial score (nSPS) is 14.8. The maximum atomic E-state index is 12.2. The zero-order valence-electron chi connectivity index (χ0n) is 14.6. The fourth-order valence-corrected chi connectivity index (χ4v) is 2.81. The predicted molar refractivity (Wildman–Crippen MR) is 96.1 cm³/mol. The first-order valence-corrected chi connectivity index (χ1v) is 8.56. The van der Waals surface area contributed by atoms with E-state index >= 15 is 0 Å². The number of carbonyl (C=O) groups excluding carboxylic acids is 2. The second-order valence-electron chi connectivity index (χ2n) is 5.79. The summed E-state index contributed by atoms with van der Waals surface area (Å²) in [5, 5.41) is 3.16. The Morgan fingerprint density at radius 1 is 1.36 bits per heavy atom. The molecule has 8 heteroatoms. The average molecular weight is 370 g/mol. The number of ether oxygens (including phenoxy) is 2. The number of amides is 2. The van der Waals surface area contributed by atoms with E-state index in [1.807, 2.05) is 0 Å². The molecule has 1 saturated heterocycles. The first-order valence-electron chi connectivity index (χ1n) is 8.18. The number of carbonyl (C=O) groups is 2. The standard InChI is InChI=1S/C17H24ClN3O4/c1-13(22)21(6-5-20-7-9-25-10-8-20)12-17(23)19-14-3-4-16(24-2)15(18)11-14/h3-4,11H,5-10,12H2,1-2H3,(H,19,23). The fraction of sp³-hybridized carbons (Fsp3) is 0.529. The first-order chi connectivity index (χ1) is 12.0. The second kappa shape index (κ2) is 9.60. The Bertz CT molecular complexity index is 606. The average Bonchev–Trinajstić information content (AvgIpc) is 2.59. The van der Waals surface area contributed by atoms with Gasteiger partial charge in [0.25, 0.3) is 0 Å². The van der Waals surface area contributed by atoms with Gasteiger partial charge in [0, 0.05) is 38.8 Å². The molecule has 25 heavy (non-hydrogen) atoms. The lowest BCUT2D eigenvalue weighted by atomic mass is 10.3. The van der Waals surface area contributed by atoms with Crippen molar-refractivity contribution in [2.45, 2.75) is 6.92 Å². The minimum Gasteiger partial charge on any atom is -0.495 e. The van der Waals surface area contributed by atoms with E-state index in [1.165, 1.54) is 18.9 Å². The third kappa shape index (κ3) is 6.19. The molecule has 1 aliphatic rings. The summed E-state index contributed by atoms with van der Waals surface area (Å²) in [4.78, 5) is 27.8. The second-order valence-corrected chi connectivity index (χ2v) is 6.20. The molecular weight excluding hydrogens is 346 g/mol. The molecule has 1 N–H and O–H groups in total. The van der Waals surface area contributed by atoms with E-state index in [2.05, 4.69) is 10.2 Å². The van der Waals surface area contributed by atoms with E-state index in [0.717, 1.165) is 19.6 Å². The molecule has 0 aliphatic carbocycles. The summed E-state index contributed by atoms with van der Waals surface area (Å²) in [7, 11) is 1.53. The van der Waals surface area contributed by atoms with E-state index in [9.17, 15) is 9.59 Å². The zero-order chi connectivity index (χ0) is 18.2. The van der Waals surface area contributed by atoms with Crippen molar-refractivity contribution in [2.75, 3.05) is 58.4 Å². The van der Waals surface area contributed by atoms with Crippen molar-refractivity contribution in [3.63, 3.8) is 0 Å². The number of nitrogens with one attached hydrogen (secondary N) is 1. The summed E-state index contributed by atoms with van der Waals surface area (Å²) in [5.74, 6) is 0.144. The lowest BCUT2D eigenvalue weighted by Gasteiger charge is -2.29. The third-order valence-electron chi connectivity index (χ3n) is 4.01. The van der Waals surface area contributed by atoms with Crippen molar-refractivity contribution in [1.29, 1.82) is 0 Å². The van der Waals surface area contributed by atoms with Gasteiger partial charge >= 0.3 is 0 Å². The molecule has 0 saturated carbocycles. The number of rotatable bonds is 7. The highest BCUT2D eigenvalue weighted by Crippen LogP contribution is 2.27. The lowest BCUT2D eigenvalue weighted by Crippen LogP contribution is -2.44. The molecule has 2 amide bonds. The van der Waals surface area contributed by atoms with Gasteiger partial charge in [-0.3, -0.25) is 14.5 Å². The molecule has 1 aliphatic heterocycles. The van der Waals surface area contributed by atoms with E-state index in [4.69, 9.17) is 21.1 Å². The van der Waals surface area contributed by atoms with Gasteiger partial charge in [-0.25, -0.2) is 0 Å². The van der Waals surface area contributed by atoms with Crippen molar-refractivity contribution < 1.29 is 19.1 Å². The van der Waals surface area contributed by atoms with E-state index in [1.54, 1.807) is 18.2 Å². The Kier molecular flexibility index (Phi) is 7.49. The lowest BCUT2D eigenvalue weighted by molar-refractivity contribution is -0.133. The van der Waals surface area contributed by atoms with E-state index < -0.39 is 0 Å². The van der Waals surface area contributed by atoms with Crippen LogP contribution in [0, 0.1) is 0 Å². The van der Waals surface area contributed by atoms with Crippen LogP contribution in [-0.4, -0.2) is 74.7 Å². The molecule has 1 fully saturated rings. The summed E-state index contributed by atoms with van der Waals surface area (Å²) >= 11 is 6.05. The third-order valence-corrected chi connectivity index (χ3v) is 4.30. The maximum Gasteiger partial charge on any atom is 0.243 e. The summed E-state index contributed by atoms with van der Waals surface area (Å²) in [6.07, 6.45) is 0. The maximum absolute atomic E-state index is 12.2. The van der Waals surface area contributed by atoms with Crippen LogP contribution in [0.15, 0.2) is 18.2 Å². The van der Waals surface area contributed by atoms with Gasteiger partial charge in [0.05, 0.1) is 31.9 Å². The molecule has 0 unspecified atom stereocenters. The molecule has 0 aromatic heterocycles. The Morgan fingerprint density at radius 3 is 2.68 bits per heavy atom. The smallest absolute Gasteiger partial charge is 0.243 e. The van der Waals surface area contributed by atoms with Crippen molar-refractivity contribution in [1.82, 2.24) is 9.80 Å². The number of hydrogen-bond donors (Lipinski definition) is 1. The Hall–Kier alpha value is -1.83.